The first kappa shape index (κ1) is 14.6. The lowest BCUT2D eigenvalue weighted by Crippen LogP contribution is -2.51. The van der Waals surface area contributed by atoms with Gasteiger partial charge in [0.2, 0.25) is 0 Å². The summed E-state index contributed by atoms with van der Waals surface area (Å²) >= 11 is 0. The number of hydrogen-bond donors (Lipinski definition) is 1. The van der Waals surface area contributed by atoms with Gasteiger partial charge in [0.15, 0.2) is 5.69 Å². The highest BCUT2D eigenvalue weighted by atomic mass is 19.1. The molecule has 2 heterocycles. The molecule has 7 heteroatoms. The van der Waals surface area contributed by atoms with E-state index < -0.39 is 0 Å². The number of amides is 1. The SMILES string of the molecule is Cc1cc(F)ccc1-n1cc(C(=O)N2CCN[C@H](C)C2)nn1. The van der Waals surface area contributed by atoms with Crippen LogP contribution in [0.15, 0.2) is 24.4 Å². The second-order valence-electron chi connectivity index (χ2n) is 5.59. The van der Waals surface area contributed by atoms with E-state index in [0.717, 1.165) is 12.1 Å². The van der Waals surface area contributed by atoms with Crippen LogP contribution in [0.1, 0.15) is 23.0 Å². The van der Waals surface area contributed by atoms with E-state index in [1.165, 1.54) is 16.8 Å². The van der Waals surface area contributed by atoms with Crippen LogP contribution in [-0.4, -0.2) is 51.5 Å². The number of benzene rings is 1. The van der Waals surface area contributed by atoms with Crippen molar-refractivity contribution < 1.29 is 9.18 Å². The van der Waals surface area contributed by atoms with E-state index in [-0.39, 0.29) is 17.8 Å². The molecular formula is C15H18FN5O. The predicted molar refractivity (Wildman–Crippen MR) is 79.4 cm³/mol. The summed E-state index contributed by atoms with van der Waals surface area (Å²) in [5.74, 6) is -0.424. The fraction of sp³-hybridized carbons (Fsp3) is 0.400. The maximum atomic E-state index is 13.2. The molecule has 0 radical (unpaired) electrons. The van der Waals surface area contributed by atoms with E-state index in [0.29, 0.717) is 24.5 Å². The van der Waals surface area contributed by atoms with E-state index in [1.54, 1.807) is 24.1 Å². The minimum absolute atomic E-state index is 0.126. The second-order valence-corrected chi connectivity index (χ2v) is 5.59. The quantitative estimate of drug-likeness (QED) is 0.904. The van der Waals surface area contributed by atoms with Crippen LogP contribution in [0.25, 0.3) is 5.69 Å². The van der Waals surface area contributed by atoms with Crippen LogP contribution in [0, 0.1) is 12.7 Å². The summed E-state index contributed by atoms with van der Waals surface area (Å²) in [6.45, 7) is 5.92. The van der Waals surface area contributed by atoms with Crippen molar-refractivity contribution in [2.45, 2.75) is 19.9 Å². The average molecular weight is 303 g/mol. The Kier molecular flexibility index (Phi) is 3.89. The van der Waals surface area contributed by atoms with Crippen molar-refractivity contribution in [1.82, 2.24) is 25.2 Å². The standard InChI is InChI=1S/C15H18FN5O/c1-10-7-12(16)3-4-14(10)21-9-13(18-19-21)15(22)20-6-5-17-11(2)8-20/h3-4,7,9,11,17H,5-6,8H2,1-2H3/t11-/m1/s1. The van der Waals surface area contributed by atoms with E-state index >= 15 is 0 Å². The van der Waals surface area contributed by atoms with Gasteiger partial charge in [-0.15, -0.1) is 5.10 Å². The molecule has 1 saturated heterocycles. The van der Waals surface area contributed by atoms with Crippen molar-refractivity contribution >= 4 is 5.91 Å². The van der Waals surface area contributed by atoms with Gasteiger partial charge in [0.25, 0.3) is 5.91 Å². The van der Waals surface area contributed by atoms with Gasteiger partial charge in [-0.05, 0) is 37.6 Å². The van der Waals surface area contributed by atoms with E-state index in [1.807, 2.05) is 6.92 Å². The second kappa shape index (κ2) is 5.84. The molecule has 0 spiro atoms. The average Bonchev–Trinajstić information content (AvgIpc) is 2.96. The van der Waals surface area contributed by atoms with Gasteiger partial charge in [-0.25, -0.2) is 9.07 Å². The number of hydrogen-bond acceptors (Lipinski definition) is 4. The minimum Gasteiger partial charge on any atom is -0.334 e. The molecule has 1 aliphatic rings. The number of aryl methyl sites for hydroxylation is 1. The Morgan fingerprint density at radius 1 is 1.45 bits per heavy atom. The summed E-state index contributed by atoms with van der Waals surface area (Å²) in [6, 6.07) is 4.69. The molecule has 3 rings (SSSR count). The first-order valence-corrected chi connectivity index (χ1v) is 7.26. The number of rotatable bonds is 2. The fourth-order valence-electron chi connectivity index (χ4n) is 2.63. The van der Waals surface area contributed by atoms with Gasteiger partial charge in [0.1, 0.15) is 5.82 Å². The predicted octanol–water partition coefficient (Wildman–Crippen LogP) is 1.15. The summed E-state index contributed by atoms with van der Waals surface area (Å²) < 4.78 is 14.7. The van der Waals surface area contributed by atoms with Crippen molar-refractivity contribution in [3.05, 3.63) is 41.5 Å². The molecule has 0 saturated carbocycles. The molecule has 0 aliphatic carbocycles. The van der Waals surface area contributed by atoms with Gasteiger partial charge in [0.05, 0.1) is 11.9 Å². The number of carbonyl (C=O) groups is 1. The highest BCUT2D eigenvalue weighted by molar-refractivity contribution is 5.92. The topological polar surface area (TPSA) is 63.1 Å². The fourth-order valence-corrected chi connectivity index (χ4v) is 2.63. The number of nitrogens with one attached hydrogen (secondary N) is 1. The van der Waals surface area contributed by atoms with Gasteiger partial charge in [-0.1, -0.05) is 5.21 Å². The maximum absolute atomic E-state index is 13.2. The van der Waals surface area contributed by atoms with Crippen LogP contribution < -0.4 is 5.32 Å². The maximum Gasteiger partial charge on any atom is 0.276 e. The number of nitrogens with zero attached hydrogens (tertiary/aromatic N) is 4. The molecule has 22 heavy (non-hydrogen) atoms. The summed E-state index contributed by atoms with van der Waals surface area (Å²) in [5, 5.41) is 11.2. The number of aromatic nitrogens is 3. The van der Waals surface area contributed by atoms with Crippen molar-refractivity contribution in [1.29, 1.82) is 0 Å². The molecule has 1 N–H and O–H groups in total. The molecule has 116 valence electrons. The molecule has 2 aromatic rings. The molecule has 1 amide bonds. The zero-order valence-electron chi connectivity index (χ0n) is 12.6. The van der Waals surface area contributed by atoms with Gasteiger partial charge in [0, 0.05) is 25.7 Å². The smallest absolute Gasteiger partial charge is 0.276 e. The van der Waals surface area contributed by atoms with Crippen LogP contribution in [0.4, 0.5) is 4.39 Å². The van der Waals surface area contributed by atoms with E-state index in [4.69, 9.17) is 0 Å². The molecule has 0 bridgehead atoms. The highest BCUT2D eigenvalue weighted by Crippen LogP contribution is 2.15. The third kappa shape index (κ3) is 2.85. The summed E-state index contributed by atoms with van der Waals surface area (Å²) in [5.41, 5.74) is 1.75. The van der Waals surface area contributed by atoms with Crippen LogP contribution in [-0.2, 0) is 0 Å². The van der Waals surface area contributed by atoms with Gasteiger partial charge < -0.3 is 10.2 Å². The first-order valence-electron chi connectivity index (χ1n) is 7.26. The largest absolute Gasteiger partial charge is 0.334 e. The van der Waals surface area contributed by atoms with Crippen LogP contribution in [0.5, 0.6) is 0 Å². The number of carbonyl (C=O) groups excluding carboxylic acids is 1. The summed E-state index contributed by atoms with van der Waals surface area (Å²) in [6.07, 6.45) is 1.59. The lowest BCUT2D eigenvalue weighted by molar-refractivity contribution is 0.0703. The number of halogens is 1. The van der Waals surface area contributed by atoms with Gasteiger partial charge in [-0.3, -0.25) is 4.79 Å². The Labute approximate surface area is 127 Å². The molecule has 1 aliphatic heterocycles. The summed E-state index contributed by atoms with van der Waals surface area (Å²) in [4.78, 5) is 14.2. The Bertz CT molecular complexity index is 699. The summed E-state index contributed by atoms with van der Waals surface area (Å²) in [7, 11) is 0. The Morgan fingerprint density at radius 2 is 2.27 bits per heavy atom. The molecule has 1 fully saturated rings. The molecule has 6 nitrogen and oxygen atoms in total. The van der Waals surface area contributed by atoms with Crippen LogP contribution in [0.3, 0.4) is 0 Å². The van der Waals surface area contributed by atoms with Gasteiger partial charge >= 0.3 is 0 Å². The van der Waals surface area contributed by atoms with Crippen LogP contribution in [0.2, 0.25) is 0 Å². The lowest BCUT2D eigenvalue weighted by Gasteiger charge is -2.31. The molecular weight excluding hydrogens is 285 g/mol. The molecule has 0 unspecified atom stereocenters. The van der Waals surface area contributed by atoms with Crippen LogP contribution >= 0.6 is 0 Å². The zero-order chi connectivity index (χ0) is 15.7. The van der Waals surface area contributed by atoms with Crippen molar-refractivity contribution in [3.8, 4) is 5.69 Å². The Morgan fingerprint density at radius 3 is 3.00 bits per heavy atom. The normalized spacial score (nSPS) is 18.5. The van der Waals surface area contributed by atoms with Crippen molar-refractivity contribution in [2.75, 3.05) is 19.6 Å². The third-order valence-electron chi connectivity index (χ3n) is 3.77. The highest BCUT2D eigenvalue weighted by Gasteiger charge is 2.24. The molecule has 1 atom stereocenters. The lowest BCUT2D eigenvalue weighted by atomic mass is 10.2. The molecule has 1 aromatic heterocycles. The zero-order valence-corrected chi connectivity index (χ0v) is 12.6. The van der Waals surface area contributed by atoms with Gasteiger partial charge in [-0.2, -0.15) is 0 Å². The monoisotopic (exact) mass is 303 g/mol. The van der Waals surface area contributed by atoms with E-state index in [2.05, 4.69) is 15.6 Å². The Balaban J connectivity index is 1.82. The molecule has 1 aromatic carbocycles. The first-order chi connectivity index (χ1) is 10.5. The van der Waals surface area contributed by atoms with E-state index in [9.17, 15) is 9.18 Å². The minimum atomic E-state index is -0.299. The van der Waals surface area contributed by atoms with Crippen molar-refractivity contribution in [2.24, 2.45) is 0 Å². The number of piperazine rings is 1. The van der Waals surface area contributed by atoms with Crippen molar-refractivity contribution in [3.63, 3.8) is 0 Å². The third-order valence-corrected chi connectivity index (χ3v) is 3.77. The Hall–Kier alpha value is -2.28.